The van der Waals surface area contributed by atoms with Gasteiger partial charge in [-0.15, -0.1) is 0 Å². The summed E-state index contributed by atoms with van der Waals surface area (Å²) in [5.74, 6) is -0.115. The Balaban J connectivity index is 2.26. The van der Waals surface area contributed by atoms with E-state index in [9.17, 15) is 4.79 Å². The Morgan fingerprint density at radius 1 is 1.38 bits per heavy atom. The second kappa shape index (κ2) is 5.66. The Morgan fingerprint density at radius 3 is 2.48 bits per heavy atom. The maximum Gasteiger partial charge on any atom is 0.261 e. The van der Waals surface area contributed by atoms with Crippen molar-refractivity contribution in [3.05, 3.63) is 47.3 Å². The number of amides is 1. The number of hydrogen-bond donors (Lipinski definition) is 2. The van der Waals surface area contributed by atoms with Gasteiger partial charge in [-0.25, -0.2) is 0 Å². The van der Waals surface area contributed by atoms with Gasteiger partial charge >= 0.3 is 0 Å². The van der Waals surface area contributed by atoms with Crippen LogP contribution < -0.4 is 10.6 Å². The summed E-state index contributed by atoms with van der Waals surface area (Å²) in [7, 11) is 3.48. The molecule has 0 spiro atoms. The minimum Gasteiger partial charge on any atom is -0.409 e. The lowest BCUT2D eigenvalue weighted by molar-refractivity contribution is 0.0992. The number of aromatic nitrogens is 2. The number of carbonyl (C=O) groups is 1. The van der Waals surface area contributed by atoms with Crippen LogP contribution in [0.5, 0.6) is 0 Å². The molecule has 7 heteroatoms. The van der Waals surface area contributed by atoms with Gasteiger partial charge in [0.15, 0.2) is 5.84 Å². The molecule has 0 aliphatic rings. The summed E-state index contributed by atoms with van der Waals surface area (Å²) in [6.45, 7) is 1.84. The minimum absolute atomic E-state index is 0.0265. The minimum atomic E-state index is -0.142. The van der Waals surface area contributed by atoms with Gasteiger partial charge in [-0.1, -0.05) is 5.16 Å². The highest BCUT2D eigenvalue weighted by Gasteiger charge is 2.18. The van der Waals surface area contributed by atoms with Crippen LogP contribution in [0.4, 0.5) is 5.69 Å². The molecule has 0 atom stereocenters. The normalized spacial score (nSPS) is 11.5. The standard InChI is InChI=1S/C14H17N5O2/c1-9-12(8-16-19(9)3)14(20)18(2)11-6-4-10(5-7-11)13(15)17-21/h4-8,21H,1-3H3,(H2,15,17). The Kier molecular flexibility index (Phi) is 3.93. The molecule has 1 aromatic carbocycles. The van der Waals surface area contributed by atoms with Crippen molar-refractivity contribution in [1.29, 1.82) is 0 Å². The van der Waals surface area contributed by atoms with E-state index < -0.39 is 0 Å². The van der Waals surface area contributed by atoms with Crippen LogP contribution >= 0.6 is 0 Å². The summed E-state index contributed by atoms with van der Waals surface area (Å²) < 4.78 is 1.66. The van der Waals surface area contributed by atoms with E-state index in [0.717, 1.165) is 5.69 Å². The van der Waals surface area contributed by atoms with Gasteiger partial charge in [-0.3, -0.25) is 9.48 Å². The van der Waals surface area contributed by atoms with Crippen molar-refractivity contribution in [3.8, 4) is 0 Å². The molecule has 0 unspecified atom stereocenters. The van der Waals surface area contributed by atoms with Crippen LogP contribution in [0.25, 0.3) is 0 Å². The fourth-order valence-electron chi connectivity index (χ4n) is 1.92. The van der Waals surface area contributed by atoms with E-state index in [-0.39, 0.29) is 11.7 Å². The molecule has 7 nitrogen and oxygen atoms in total. The Hall–Kier alpha value is -2.83. The van der Waals surface area contributed by atoms with Crippen molar-refractivity contribution in [2.24, 2.45) is 17.9 Å². The van der Waals surface area contributed by atoms with Gasteiger partial charge in [0.05, 0.1) is 11.8 Å². The van der Waals surface area contributed by atoms with Gasteiger partial charge in [-0.2, -0.15) is 5.10 Å². The van der Waals surface area contributed by atoms with Crippen molar-refractivity contribution in [2.75, 3.05) is 11.9 Å². The lowest BCUT2D eigenvalue weighted by Crippen LogP contribution is -2.26. The largest absolute Gasteiger partial charge is 0.409 e. The average molecular weight is 287 g/mol. The van der Waals surface area contributed by atoms with Crippen molar-refractivity contribution < 1.29 is 10.0 Å². The first-order valence-electron chi connectivity index (χ1n) is 6.30. The lowest BCUT2D eigenvalue weighted by atomic mass is 10.1. The molecule has 1 aromatic heterocycles. The first kappa shape index (κ1) is 14.6. The Bertz CT molecular complexity index is 688. The van der Waals surface area contributed by atoms with Crippen molar-refractivity contribution in [1.82, 2.24) is 9.78 Å². The van der Waals surface area contributed by atoms with E-state index in [1.807, 2.05) is 6.92 Å². The highest BCUT2D eigenvalue weighted by Crippen LogP contribution is 2.18. The summed E-state index contributed by atoms with van der Waals surface area (Å²) in [5.41, 5.74) is 8.15. The summed E-state index contributed by atoms with van der Waals surface area (Å²) in [4.78, 5) is 14.0. The molecule has 21 heavy (non-hydrogen) atoms. The SMILES string of the molecule is Cc1c(C(=O)N(C)c2ccc(C(N)=NO)cc2)cnn1C. The van der Waals surface area contributed by atoms with E-state index in [1.54, 1.807) is 49.2 Å². The topological polar surface area (TPSA) is 96.7 Å². The number of anilines is 1. The van der Waals surface area contributed by atoms with E-state index in [4.69, 9.17) is 10.9 Å². The molecule has 1 amide bonds. The van der Waals surface area contributed by atoms with Crippen LogP contribution in [0.15, 0.2) is 35.6 Å². The summed E-state index contributed by atoms with van der Waals surface area (Å²) in [6.07, 6.45) is 1.55. The smallest absolute Gasteiger partial charge is 0.261 e. The fraction of sp³-hybridized carbons (Fsp3) is 0.214. The van der Waals surface area contributed by atoms with Gasteiger partial charge in [0.25, 0.3) is 5.91 Å². The molecule has 0 fully saturated rings. The number of nitrogens with two attached hydrogens (primary N) is 1. The third-order valence-electron chi connectivity index (χ3n) is 3.43. The fourth-order valence-corrected chi connectivity index (χ4v) is 1.92. The second-order valence-electron chi connectivity index (χ2n) is 4.66. The molecule has 1 heterocycles. The molecule has 0 aliphatic heterocycles. The maximum absolute atomic E-state index is 12.4. The van der Waals surface area contributed by atoms with Gasteiger partial charge in [0.2, 0.25) is 0 Å². The number of oxime groups is 1. The van der Waals surface area contributed by atoms with Crippen LogP contribution in [-0.4, -0.2) is 33.8 Å². The summed E-state index contributed by atoms with van der Waals surface area (Å²) in [5, 5.41) is 15.6. The molecule has 0 bridgehead atoms. The number of aryl methyl sites for hydroxylation is 1. The van der Waals surface area contributed by atoms with Gasteiger partial charge < -0.3 is 15.8 Å². The van der Waals surface area contributed by atoms with E-state index in [0.29, 0.717) is 16.8 Å². The molecule has 2 rings (SSSR count). The highest BCUT2D eigenvalue weighted by molar-refractivity contribution is 6.06. The van der Waals surface area contributed by atoms with Crippen LogP contribution in [0, 0.1) is 6.92 Å². The van der Waals surface area contributed by atoms with Crippen molar-refractivity contribution in [3.63, 3.8) is 0 Å². The predicted octanol–water partition coefficient (Wildman–Crippen LogP) is 1.10. The molecule has 2 aromatic rings. The van der Waals surface area contributed by atoms with Gasteiger partial charge in [-0.05, 0) is 31.2 Å². The molecule has 0 aliphatic carbocycles. The maximum atomic E-state index is 12.4. The molecular weight excluding hydrogens is 270 g/mol. The number of benzene rings is 1. The highest BCUT2D eigenvalue weighted by atomic mass is 16.4. The first-order chi connectivity index (χ1) is 9.95. The van der Waals surface area contributed by atoms with Crippen LogP contribution in [0.3, 0.4) is 0 Å². The van der Waals surface area contributed by atoms with Crippen LogP contribution in [-0.2, 0) is 7.05 Å². The average Bonchev–Trinajstić information content (AvgIpc) is 2.85. The molecule has 0 saturated heterocycles. The zero-order chi connectivity index (χ0) is 15.6. The van der Waals surface area contributed by atoms with E-state index >= 15 is 0 Å². The van der Waals surface area contributed by atoms with Crippen LogP contribution in [0.2, 0.25) is 0 Å². The number of amidine groups is 1. The van der Waals surface area contributed by atoms with Gasteiger partial charge in [0, 0.05) is 31.0 Å². The van der Waals surface area contributed by atoms with Crippen LogP contribution in [0.1, 0.15) is 21.6 Å². The lowest BCUT2D eigenvalue weighted by Gasteiger charge is -2.17. The number of rotatable bonds is 3. The number of nitrogens with zero attached hydrogens (tertiary/aromatic N) is 4. The molecular formula is C14H17N5O2. The first-order valence-corrected chi connectivity index (χ1v) is 6.30. The van der Waals surface area contributed by atoms with Gasteiger partial charge in [0.1, 0.15) is 0 Å². The third-order valence-corrected chi connectivity index (χ3v) is 3.43. The summed E-state index contributed by atoms with van der Waals surface area (Å²) in [6, 6.07) is 6.84. The molecule has 3 N–H and O–H groups in total. The molecule has 0 radical (unpaired) electrons. The monoisotopic (exact) mass is 287 g/mol. The van der Waals surface area contributed by atoms with Crippen molar-refractivity contribution >= 4 is 17.4 Å². The Labute approximate surface area is 122 Å². The zero-order valence-corrected chi connectivity index (χ0v) is 12.1. The summed E-state index contributed by atoms with van der Waals surface area (Å²) >= 11 is 0. The predicted molar refractivity (Wildman–Crippen MR) is 79.6 cm³/mol. The molecule has 110 valence electrons. The Morgan fingerprint density at radius 2 is 2.00 bits per heavy atom. The van der Waals surface area contributed by atoms with E-state index in [2.05, 4.69) is 10.3 Å². The number of carbonyl (C=O) groups excluding carboxylic acids is 1. The van der Waals surface area contributed by atoms with Crippen molar-refractivity contribution in [2.45, 2.75) is 6.92 Å². The van der Waals surface area contributed by atoms with E-state index in [1.165, 1.54) is 4.90 Å². The quantitative estimate of drug-likeness (QED) is 0.382. The third kappa shape index (κ3) is 2.71. The number of hydrogen-bond acceptors (Lipinski definition) is 4. The molecule has 0 saturated carbocycles. The second-order valence-corrected chi connectivity index (χ2v) is 4.66. The zero-order valence-electron chi connectivity index (χ0n) is 12.1.